The number of aromatic amines is 1. The van der Waals surface area contributed by atoms with E-state index in [9.17, 15) is 4.79 Å². The minimum atomic E-state index is -0.509. The molecule has 0 radical (unpaired) electrons. The minimum absolute atomic E-state index is 0.185. The van der Waals surface area contributed by atoms with Crippen molar-refractivity contribution in [3.05, 3.63) is 35.0 Å². The highest BCUT2D eigenvalue weighted by Gasteiger charge is 2.60. The molecule has 2 atom stereocenters. The van der Waals surface area contributed by atoms with Crippen LogP contribution in [0.15, 0.2) is 18.2 Å². The molecule has 0 aliphatic carbocycles. The van der Waals surface area contributed by atoms with Crippen molar-refractivity contribution in [3.8, 4) is 0 Å². The Hall–Kier alpha value is -1.97. The second-order valence-electron chi connectivity index (χ2n) is 6.88. The van der Waals surface area contributed by atoms with Gasteiger partial charge in [0.25, 0.3) is 0 Å². The van der Waals surface area contributed by atoms with Crippen LogP contribution in [0.3, 0.4) is 0 Å². The maximum Gasteiger partial charge on any atom is 0.411 e. The van der Waals surface area contributed by atoms with E-state index in [4.69, 9.17) is 4.74 Å². The predicted molar refractivity (Wildman–Crippen MR) is 86.0 cm³/mol. The molecule has 2 unspecified atom stereocenters. The Morgan fingerprint density at radius 2 is 2.14 bits per heavy atom. The summed E-state index contributed by atoms with van der Waals surface area (Å²) in [5, 5.41) is 1.28. The van der Waals surface area contributed by atoms with Crippen LogP contribution in [0.2, 0.25) is 0 Å². The maximum atomic E-state index is 12.5. The molecule has 116 valence electrons. The second kappa shape index (κ2) is 4.06. The zero-order valence-corrected chi connectivity index (χ0v) is 13.6. The van der Waals surface area contributed by atoms with E-state index in [0.29, 0.717) is 6.54 Å². The maximum absolute atomic E-state index is 12.5. The van der Waals surface area contributed by atoms with Crippen LogP contribution in [0.4, 0.5) is 4.79 Å². The summed E-state index contributed by atoms with van der Waals surface area (Å²) in [5.41, 5.74) is 3.97. The van der Waals surface area contributed by atoms with Gasteiger partial charge in [0.2, 0.25) is 0 Å². The molecule has 3 heterocycles. The van der Waals surface area contributed by atoms with Gasteiger partial charge in [0.1, 0.15) is 11.1 Å². The van der Waals surface area contributed by atoms with Crippen molar-refractivity contribution in [1.82, 2.24) is 9.88 Å². The normalized spacial score (nSPS) is 30.4. The highest BCUT2D eigenvalue weighted by Crippen LogP contribution is 2.52. The molecule has 1 aromatic carbocycles. The number of carbonyl (C=O) groups is 1. The fraction of sp³-hybridized carbons (Fsp3) is 0.500. The number of cyclic esters (lactones) is 1. The molecule has 1 N–H and O–H groups in total. The molecular formula is C18H22N2O2. The van der Waals surface area contributed by atoms with Gasteiger partial charge in [-0.05, 0) is 50.8 Å². The van der Waals surface area contributed by atoms with Crippen LogP contribution in [0.25, 0.3) is 10.9 Å². The van der Waals surface area contributed by atoms with Gasteiger partial charge in [0.05, 0.1) is 0 Å². The van der Waals surface area contributed by atoms with Crippen molar-refractivity contribution in [3.63, 3.8) is 0 Å². The van der Waals surface area contributed by atoms with E-state index in [-0.39, 0.29) is 6.09 Å². The summed E-state index contributed by atoms with van der Waals surface area (Å²) in [4.78, 5) is 17.9. The number of benzene rings is 1. The largest absolute Gasteiger partial charge is 0.440 e. The smallest absolute Gasteiger partial charge is 0.411 e. The molecule has 22 heavy (non-hydrogen) atoms. The first-order valence-corrected chi connectivity index (χ1v) is 8.03. The van der Waals surface area contributed by atoms with Crippen molar-refractivity contribution in [1.29, 1.82) is 0 Å². The number of fused-ring (bicyclic) bond motifs is 2. The van der Waals surface area contributed by atoms with Crippen LogP contribution in [0.1, 0.15) is 44.0 Å². The van der Waals surface area contributed by atoms with Gasteiger partial charge in [-0.3, -0.25) is 4.90 Å². The fourth-order valence-corrected chi connectivity index (χ4v) is 4.37. The molecule has 2 aliphatic heterocycles. The monoisotopic (exact) mass is 298 g/mol. The van der Waals surface area contributed by atoms with Gasteiger partial charge < -0.3 is 9.72 Å². The summed E-state index contributed by atoms with van der Waals surface area (Å²) in [7, 11) is 0. The van der Waals surface area contributed by atoms with Crippen LogP contribution in [-0.4, -0.2) is 28.1 Å². The number of H-pyrrole nitrogens is 1. The number of amides is 1. The quantitative estimate of drug-likeness (QED) is 0.868. The van der Waals surface area contributed by atoms with Crippen molar-refractivity contribution < 1.29 is 9.53 Å². The SMILES string of the molecule is CCC1(C)OC(=O)N2CCc3c(C)[nH]c4cccc(c34)C21C. The fourth-order valence-electron chi connectivity index (χ4n) is 4.37. The van der Waals surface area contributed by atoms with Crippen LogP contribution >= 0.6 is 0 Å². The lowest BCUT2D eigenvalue weighted by molar-refractivity contribution is 0.00345. The van der Waals surface area contributed by atoms with Crippen molar-refractivity contribution in [2.45, 2.75) is 51.7 Å². The Kier molecular flexibility index (Phi) is 2.52. The van der Waals surface area contributed by atoms with E-state index in [1.165, 1.54) is 22.2 Å². The lowest BCUT2D eigenvalue weighted by atomic mass is 9.74. The highest BCUT2D eigenvalue weighted by atomic mass is 16.6. The van der Waals surface area contributed by atoms with Gasteiger partial charge >= 0.3 is 6.09 Å². The number of ether oxygens (including phenoxy) is 1. The molecule has 4 rings (SSSR count). The zero-order valence-electron chi connectivity index (χ0n) is 13.6. The van der Waals surface area contributed by atoms with Crippen LogP contribution in [-0.2, 0) is 16.7 Å². The summed E-state index contributed by atoms with van der Waals surface area (Å²) in [6.45, 7) is 9.14. The molecule has 1 saturated heterocycles. The van der Waals surface area contributed by atoms with E-state index >= 15 is 0 Å². The molecule has 4 heteroatoms. The van der Waals surface area contributed by atoms with Gasteiger partial charge in [-0.25, -0.2) is 4.79 Å². The van der Waals surface area contributed by atoms with E-state index in [0.717, 1.165) is 18.4 Å². The predicted octanol–water partition coefficient (Wildman–Crippen LogP) is 3.87. The number of hydrogen-bond donors (Lipinski definition) is 1. The lowest BCUT2D eigenvalue weighted by Crippen LogP contribution is -2.52. The van der Waals surface area contributed by atoms with E-state index in [1.807, 2.05) is 4.90 Å². The van der Waals surface area contributed by atoms with Crippen molar-refractivity contribution in [2.75, 3.05) is 6.54 Å². The lowest BCUT2D eigenvalue weighted by Gasteiger charge is -2.41. The molecule has 1 amide bonds. The van der Waals surface area contributed by atoms with Crippen molar-refractivity contribution >= 4 is 17.0 Å². The molecular weight excluding hydrogens is 276 g/mol. The van der Waals surface area contributed by atoms with Crippen molar-refractivity contribution in [2.24, 2.45) is 0 Å². The Labute approximate surface area is 130 Å². The molecule has 0 spiro atoms. The Morgan fingerprint density at radius 3 is 2.86 bits per heavy atom. The third-order valence-corrected chi connectivity index (χ3v) is 6.03. The summed E-state index contributed by atoms with van der Waals surface area (Å²) in [5.74, 6) is 0. The highest BCUT2D eigenvalue weighted by molar-refractivity contribution is 5.91. The number of nitrogens with zero attached hydrogens (tertiary/aromatic N) is 1. The number of carbonyl (C=O) groups excluding carboxylic acids is 1. The molecule has 4 nitrogen and oxygen atoms in total. The molecule has 1 aromatic heterocycles. The van der Waals surface area contributed by atoms with Gasteiger partial charge in [-0.1, -0.05) is 19.1 Å². The first kappa shape index (κ1) is 13.7. The average Bonchev–Trinajstić information content (AvgIpc) is 2.84. The molecule has 2 aromatic rings. The van der Waals surface area contributed by atoms with Gasteiger partial charge in [-0.15, -0.1) is 0 Å². The summed E-state index contributed by atoms with van der Waals surface area (Å²) in [6.07, 6.45) is 1.48. The minimum Gasteiger partial charge on any atom is -0.440 e. The summed E-state index contributed by atoms with van der Waals surface area (Å²) < 4.78 is 5.83. The number of aryl methyl sites for hydroxylation is 1. The van der Waals surface area contributed by atoms with Gasteiger partial charge in [0.15, 0.2) is 0 Å². The number of hydrogen-bond acceptors (Lipinski definition) is 2. The first-order chi connectivity index (χ1) is 10.4. The Morgan fingerprint density at radius 1 is 1.36 bits per heavy atom. The average molecular weight is 298 g/mol. The van der Waals surface area contributed by atoms with Crippen LogP contribution in [0, 0.1) is 6.92 Å². The number of aromatic nitrogens is 1. The topological polar surface area (TPSA) is 45.3 Å². The molecule has 0 bridgehead atoms. The summed E-state index contributed by atoms with van der Waals surface area (Å²) >= 11 is 0. The van der Waals surface area contributed by atoms with Gasteiger partial charge in [-0.2, -0.15) is 0 Å². The number of nitrogens with one attached hydrogen (secondary N) is 1. The first-order valence-electron chi connectivity index (χ1n) is 8.03. The van der Waals surface area contributed by atoms with E-state index in [1.54, 1.807) is 0 Å². The zero-order chi connectivity index (χ0) is 15.7. The van der Waals surface area contributed by atoms with Crippen LogP contribution < -0.4 is 0 Å². The second-order valence-corrected chi connectivity index (χ2v) is 6.88. The number of rotatable bonds is 1. The molecule has 1 fully saturated rings. The standard InChI is InChI=1S/C18H22N2O2/c1-5-17(3)18(4)13-7-6-8-14-15(13)12(11(2)19-14)9-10-20(18)16(21)22-17/h6-8,19H,5,9-10H2,1-4H3. The third kappa shape index (κ3) is 1.36. The van der Waals surface area contributed by atoms with E-state index < -0.39 is 11.1 Å². The summed E-state index contributed by atoms with van der Waals surface area (Å²) in [6, 6.07) is 6.35. The third-order valence-electron chi connectivity index (χ3n) is 6.03. The molecule has 2 aliphatic rings. The molecule has 0 saturated carbocycles. The van der Waals surface area contributed by atoms with Crippen LogP contribution in [0.5, 0.6) is 0 Å². The van der Waals surface area contributed by atoms with Gasteiger partial charge in [0, 0.05) is 23.1 Å². The van der Waals surface area contributed by atoms with E-state index in [2.05, 4.69) is 50.9 Å². The Balaban J connectivity index is 2.10. The Bertz CT molecular complexity index is 794.